The molecule has 9 nitrogen and oxygen atoms in total. The van der Waals surface area contributed by atoms with Gasteiger partial charge in [-0.3, -0.25) is 4.79 Å². The third-order valence-electron chi connectivity index (χ3n) is 1.45. The van der Waals surface area contributed by atoms with Crippen LogP contribution in [0.5, 0.6) is 0 Å². The van der Waals surface area contributed by atoms with Gasteiger partial charge in [0.15, 0.2) is 11.6 Å². The number of H-pyrrole nitrogens is 1. The van der Waals surface area contributed by atoms with Crippen LogP contribution in [0, 0.1) is 0 Å². The van der Waals surface area contributed by atoms with Crippen molar-refractivity contribution >= 4 is 16.0 Å². The predicted octanol–water partition coefficient (Wildman–Crippen LogP) is -1.82. The smallest absolute Gasteiger partial charge is 0.322 e. The highest BCUT2D eigenvalue weighted by molar-refractivity contribution is 7.90. The zero-order chi connectivity index (χ0) is 12.0. The summed E-state index contributed by atoms with van der Waals surface area (Å²) in [6, 6.07) is 0. The predicted molar refractivity (Wildman–Crippen MR) is 51.4 cm³/mol. The molecule has 1 aromatic heterocycles. The Morgan fingerprint density at radius 1 is 1.56 bits per heavy atom. The van der Waals surface area contributed by atoms with E-state index in [1.54, 1.807) is 6.92 Å². The summed E-state index contributed by atoms with van der Waals surface area (Å²) in [4.78, 5) is 10.9. The van der Waals surface area contributed by atoms with Crippen LogP contribution in [0.3, 0.4) is 0 Å². The molecule has 10 heteroatoms. The molecule has 0 aliphatic heterocycles. The van der Waals surface area contributed by atoms with Gasteiger partial charge in [0.1, 0.15) is 0 Å². The van der Waals surface area contributed by atoms with Gasteiger partial charge in [-0.2, -0.15) is 5.21 Å². The minimum Gasteiger partial charge on any atom is -0.465 e. The summed E-state index contributed by atoms with van der Waals surface area (Å²) in [5, 5.41) is 12.5. The summed E-state index contributed by atoms with van der Waals surface area (Å²) in [6.07, 6.45) is 0. The molecule has 0 amide bonds. The quantitative estimate of drug-likeness (QED) is 0.568. The number of carbonyl (C=O) groups is 1. The number of nitrogens with one attached hydrogen (secondary N) is 2. The van der Waals surface area contributed by atoms with Crippen molar-refractivity contribution in [1.82, 2.24) is 25.3 Å². The first-order chi connectivity index (χ1) is 7.53. The summed E-state index contributed by atoms with van der Waals surface area (Å²) < 4.78 is 29.3. The Bertz CT molecular complexity index is 428. The van der Waals surface area contributed by atoms with Crippen LogP contribution < -0.4 is 4.72 Å². The molecule has 0 spiro atoms. The van der Waals surface area contributed by atoms with Gasteiger partial charge >= 0.3 is 5.97 Å². The number of hydrogen-bond donors (Lipinski definition) is 2. The van der Waals surface area contributed by atoms with Crippen molar-refractivity contribution < 1.29 is 17.9 Å². The van der Waals surface area contributed by atoms with E-state index in [1.807, 2.05) is 0 Å². The zero-order valence-corrected chi connectivity index (χ0v) is 9.32. The molecule has 16 heavy (non-hydrogen) atoms. The standard InChI is InChI=1S/C6H11N5O4S/c1-2-15-6(12)4-16(13,14)7-3-5-8-10-11-9-5/h7H,2-4H2,1H3,(H,8,9,10,11). The van der Waals surface area contributed by atoms with Gasteiger partial charge in [0, 0.05) is 0 Å². The summed E-state index contributed by atoms with van der Waals surface area (Å²) in [7, 11) is -3.73. The lowest BCUT2D eigenvalue weighted by molar-refractivity contribution is -0.139. The first kappa shape index (κ1) is 12.5. The number of esters is 1. The van der Waals surface area contributed by atoms with Crippen molar-refractivity contribution in [2.45, 2.75) is 13.5 Å². The van der Waals surface area contributed by atoms with Gasteiger partial charge in [0.2, 0.25) is 10.0 Å². The number of carbonyl (C=O) groups excluding carboxylic acids is 1. The van der Waals surface area contributed by atoms with Crippen molar-refractivity contribution in [3.63, 3.8) is 0 Å². The van der Waals surface area contributed by atoms with Crippen molar-refractivity contribution in [3.05, 3.63) is 5.82 Å². The molecule has 1 rings (SSSR count). The van der Waals surface area contributed by atoms with E-state index >= 15 is 0 Å². The van der Waals surface area contributed by atoms with E-state index in [-0.39, 0.29) is 19.0 Å². The van der Waals surface area contributed by atoms with Crippen molar-refractivity contribution in [1.29, 1.82) is 0 Å². The summed E-state index contributed by atoms with van der Waals surface area (Å²) in [6.45, 7) is 1.61. The summed E-state index contributed by atoms with van der Waals surface area (Å²) >= 11 is 0. The first-order valence-electron chi connectivity index (χ1n) is 4.39. The minimum atomic E-state index is -3.73. The van der Waals surface area contributed by atoms with E-state index < -0.39 is 21.7 Å². The third kappa shape index (κ3) is 4.31. The maximum Gasteiger partial charge on any atom is 0.322 e. The number of hydrogen-bond acceptors (Lipinski definition) is 7. The summed E-state index contributed by atoms with van der Waals surface area (Å²) in [5.41, 5.74) is 0. The van der Waals surface area contributed by atoms with Crippen LogP contribution in [0.1, 0.15) is 12.7 Å². The molecule has 0 aliphatic carbocycles. The Kier molecular flexibility index (Phi) is 4.31. The van der Waals surface area contributed by atoms with Crippen LogP contribution in [0.2, 0.25) is 0 Å². The van der Waals surface area contributed by atoms with Crippen LogP contribution in [0.4, 0.5) is 0 Å². The largest absolute Gasteiger partial charge is 0.465 e. The van der Waals surface area contributed by atoms with E-state index in [4.69, 9.17) is 0 Å². The SMILES string of the molecule is CCOC(=O)CS(=O)(=O)NCc1nn[nH]n1. The highest BCUT2D eigenvalue weighted by Gasteiger charge is 2.17. The molecule has 0 saturated heterocycles. The Morgan fingerprint density at radius 3 is 2.88 bits per heavy atom. The molecule has 90 valence electrons. The van der Waals surface area contributed by atoms with Gasteiger partial charge < -0.3 is 4.74 Å². The topological polar surface area (TPSA) is 127 Å². The molecule has 0 unspecified atom stereocenters. The van der Waals surface area contributed by atoms with Gasteiger partial charge in [-0.1, -0.05) is 5.21 Å². The Labute approximate surface area is 91.6 Å². The molecular weight excluding hydrogens is 238 g/mol. The molecule has 0 aromatic carbocycles. The molecule has 0 bridgehead atoms. The monoisotopic (exact) mass is 249 g/mol. The average molecular weight is 249 g/mol. The summed E-state index contributed by atoms with van der Waals surface area (Å²) in [5.74, 6) is -1.34. The van der Waals surface area contributed by atoms with Gasteiger partial charge in [-0.25, -0.2) is 13.1 Å². The first-order valence-corrected chi connectivity index (χ1v) is 6.04. The maximum atomic E-state index is 11.3. The van der Waals surface area contributed by atoms with E-state index in [9.17, 15) is 13.2 Å². The fraction of sp³-hybridized carbons (Fsp3) is 0.667. The van der Waals surface area contributed by atoms with Crippen molar-refractivity contribution in [2.75, 3.05) is 12.4 Å². The fourth-order valence-corrected chi connectivity index (χ4v) is 1.69. The Hall–Kier alpha value is -1.55. The number of tetrazole rings is 1. The second-order valence-corrected chi connectivity index (χ2v) is 4.52. The van der Waals surface area contributed by atoms with Crippen molar-refractivity contribution in [2.24, 2.45) is 0 Å². The van der Waals surface area contributed by atoms with Crippen LogP contribution in [0.25, 0.3) is 0 Å². The van der Waals surface area contributed by atoms with E-state index in [0.717, 1.165) is 0 Å². The highest BCUT2D eigenvalue weighted by atomic mass is 32.2. The Balaban J connectivity index is 2.43. The molecule has 0 aliphatic rings. The van der Waals surface area contributed by atoms with E-state index in [2.05, 4.69) is 30.1 Å². The molecule has 1 aromatic rings. The van der Waals surface area contributed by atoms with Gasteiger partial charge in [-0.05, 0) is 6.92 Å². The lowest BCUT2D eigenvalue weighted by Gasteiger charge is -2.03. The van der Waals surface area contributed by atoms with Crippen LogP contribution in [-0.2, 0) is 26.1 Å². The molecule has 0 fully saturated rings. The lowest BCUT2D eigenvalue weighted by atomic mass is 10.7. The number of rotatable bonds is 6. The molecular formula is C6H11N5O4S. The van der Waals surface area contributed by atoms with Gasteiger partial charge in [0.05, 0.1) is 13.2 Å². The molecule has 0 saturated carbocycles. The maximum absolute atomic E-state index is 11.3. The average Bonchev–Trinajstić information content (AvgIpc) is 2.66. The third-order valence-corrected chi connectivity index (χ3v) is 2.65. The number of nitrogens with zero attached hydrogens (tertiary/aromatic N) is 3. The molecule has 1 heterocycles. The Morgan fingerprint density at radius 2 is 2.31 bits per heavy atom. The van der Waals surface area contributed by atoms with Crippen LogP contribution in [-0.4, -0.2) is 47.4 Å². The van der Waals surface area contributed by atoms with Crippen LogP contribution >= 0.6 is 0 Å². The number of aromatic amines is 1. The van der Waals surface area contributed by atoms with E-state index in [1.165, 1.54) is 0 Å². The number of sulfonamides is 1. The lowest BCUT2D eigenvalue weighted by Crippen LogP contribution is -2.31. The van der Waals surface area contributed by atoms with Crippen molar-refractivity contribution in [3.8, 4) is 0 Å². The van der Waals surface area contributed by atoms with E-state index in [0.29, 0.717) is 0 Å². The normalized spacial score (nSPS) is 11.3. The number of aromatic nitrogens is 4. The van der Waals surface area contributed by atoms with Crippen LogP contribution in [0.15, 0.2) is 0 Å². The minimum absolute atomic E-state index is 0.127. The second kappa shape index (κ2) is 5.51. The fourth-order valence-electron chi connectivity index (χ4n) is 0.841. The molecule has 0 atom stereocenters. The van der Waals surface area contributed by atoms with Gasteiger partial charge in [0.25, 0.3) is 0 Å². The van der Waals surface area contributed by atoms with Gasteiger partial charge in [-0.15, -0.1) is 10.2 Å². The number of ether oxygens (including phenoxy) is 1. The highest BCUT2D eigenvalue weighted by Crippen LogP contribution is 1.91. The second-order valence-electron chi connectivity index (χ2n) is 2.71. The zero-order valence-electron chi connectivity index (χ0n) is 8.50. The molecule has 0 radical (unpaired) electrons. The molecule has 2 N–H and O–H groups in total.